The molecule has 2 aliphatic heterocycles. The molecule has 2 aromatic carbocycles. The van der Waals surface area contributed by atoms with Gasteiger partial charge >= 0.3 is 0 Å². The summed E-state index contributed by atoms with van der Waals surface area (Å²) in [6.45, 7) is 11.4. The van der Waals surface area contributed by atoms with Crippen LogP contribution >= 0.6 is 23.9 Å². The number of piperidine rings is 1. The third kappa shape index (κ3) is 6.65. The quantitative estimate of drug-likeness (QED) is 0.198. The monoisotopic (exact) mass is 703 g/mol. The molecule has 3 fully saturated rings. The number of likely N-dealkylation sites (N-methyl/N-ethyl adjacent to an activating group) is 1. The molecule has 0 radical (unpaired) electrons. The minimum atomic E-state index is -0.461. The van der Waals surface area contributed by atoms with E-state index in [1.165, 1.54) is 68.4 Å². The number of benzene rings is 2. The first-order valence-electron chi connectivity index (χ1n) is 16.2. The molecule has 0 amide bonds. The van der Waals surface area contributed by atoms with E-state index in [4.69, 9.17) is 9.72 Å². The third-order valence-corrected chi connectivity index (χ3v) is 11.5. The molecule has 4 aromatic rings. The Hall–Kier alpha value is -3.11. The number of rotatable bonds is 9. The average Bonchev–Trinajstić information content (AvgIpc) is 3.92. The zero-order chi connectivity index (χ0) is 31.8. The lowest BCUT2D eigenvalue weighted by atomic mass is 9.99. The first-order valence-corrected chi connectivity index (χ1v) is 19.3. The van der Waals surface area contributed by atoms with Crippen LogP contribution in [0.15, 0.2) is 47.3 Å². The number of anilines is 5. The molecule has 242 valence electrons. The second-order valence-electron chi connectivity index (χ2n) is 12.9. The lowest BCUT2D eigenvalue weighted by Gasteiger charge is -2.43. The largest absolute Gasteiger partial charge is 0.494 e. The Morgan fingerprint density at radius 3 is 2.37 bits per heavy atom. The highest BCUT2D eigenvalue weighted by Crippen LogP contribution is 2.48. The fraction of sp³-hybridized carbons (Fsp3) is 0.471. The van der Waals surface area contributed by atoms with Crippen LogP contribution in [0.4, 0.5) is 28.8 Å². The second-order valence-corrected chi connectivity index (χ2v) is 16.0. The van der Waals surface area contributed by atoms with Gasteiger partial charge in [0.2, 0.25) is 5.95 Å². The number of nitrogens with one attached hydrogen (secondary N) is 2. The molecule has 7 rings (SSSR count). The van der Waals surface area contributed by atoms with Crippen LogP contribution in [0.3, 0.4) is 0 Å². The van der Waals surface area contributed by atoms with Gasteiger partial charge in [-0.3, -0.25) is 14.9 Å². The Balaban J connectivity index is 1.12. The van der Waals surface area contributed by atoms with Gasteiger partial charge in [-0.1, -0.05) is 7.92 Å². The van der Waals surface area contributed by atoms with Gasteiger partial charge in [0.15, 0.2) is 0 Å². The van der Waals surface area contributed by atoms with Crippen molar-refractivity contribution in [2.45, 2.75) is 37.6 Å². The van der Waals surface area contributed by atoms with Crippen LogP contribution in [0.25, 0.3) is 11.0 Å². The molecule has 1 saturated carbocycles. The maximum atomic E-state index is 5.97. The van der Waals surface area contributed by atoms with Crippen LogP contribution in [-0.2, 0) is 0 Å². The summed E-state index contributed by atoms with van der Waals surface area (Å²) >= 11 is 3.66. The number of hydrogen-bond acceptors (Lipinski definition) is 10. The first-order chi connectivity index (χ1) is 22.4. The van der Waals surface area contributed by atoms with Gasteiger partial charge in [-0.05, 0) is 91.7 Å². The minimum absolute atomic E-state index is 0.461. The number of methoxy groups -OCH3 is 1. The van der Waals surface area contributed by atoms with E-state index in [0.717, 1.165) is 45.7 Å². The van der Waals surface area contributed by atoms with Crippen LogP contribution in [0.1, 0.15) is 37.2 Å². The summed E-state index contributed by atoms with van der Waals surface area (Å²) in [7, 11) is 3.51. The Labute approximate surface area is 281 Å². The summed E-state index contributed by atoms with van der Waals surface area (Å²) in [6.07, 6.45) is 10.2. The van der Waals surface area contributed by atoms with Crippen LogP contribution in [0.5, 0.6) is 5.75 Å². The van der Waals surface area contributed by atoms with Gasteiger partial charge in [0.05, 0.1) is 28.3 Å². The van der Waals surface area contributed by atoms with Crippen molar-refractivity contribution in [3.05, 3.63) is 52.9 Å². The third-order valence-electron chi connectivity index (χ3n) is 9.53. The molecule has 0 bridgehead atoms. The second kappa shape index (κ2) is 13.6. The van der Waals surface area contributed by atoms with E-state index in [9.17, 15) is 0 Å². The zero-order valence-electron chi connectivity index (χ0n) is 27.1. The number of fused-ring (bicyclic) bond motifs is 1. The molecular weight excluding hydrogens is 661 g/mol. The van der Waals surface area contributed by atoms with E-state index in [1.54, 1.807) is 25.7 Å². The molecule has 2 N–H and O–H groups in total. The van der Waals surface area contributed by atoms with E-state index in [-0.39, 0.29) is 0 Å². The van der Waals surface area contributed by atoms with Gasteiger partial charge in [-0.15, -0.1) is 0 Å². The molecule has 2 aromatic heterocycles. The maximum Gasteiger partial charge on any atom is 0.229 e. The summed E-state index contributed by atoms with van der Waals surface area (Å²) < 4.78 is 6.75. The summed E-state index contributed by atoms with van der Waals surface area (Å²) in [5, 5.41) is 8.22. The average molecular weight is 705 g/mol. The number of hydrogen-bond donors (Lipinski definition) is 2. The van der Waals surface area contributed by atoms with Crippen molar-refractivity contribution in [2.75, 3.05) is 82.3 Å². The van der Waals surface area contributed by atoms with Crippen LogP contribution in [0, 0.1) is 0 Å². The van der Waals surface area contributed by atoms with E-state index in [2.05, 4.69) is 94.8 Å². The minimum Gasteiger partial charge on any atom is -0.494 e. The number of ether oxygens (including phenoxy) is 1. The van der Waals surface area contributed by atoms with Gasteiger partial charge in [0.1, 0.15) is 11.6 Å². The van der Waals surface area contributed by atoms with Crippen molar-refractivity contribution >= 4 is 69.0 Å². The van der Waals surface area contributed by atoms with Crippen LogP contribution in [-0.4, -0.2) is 103 Å². The van der Waals surface area contributed by atoms with Crippen molar-refractivity contribution in [1.29, 1.82) is 0 Å². The van der Waals surface area contributed by atoms with Crippen LogP contribution in [0.2, 0.25) is 0 Å². The SMILES string of the molecule is COc1cc(N2CCC(N3CCN(C)CC3)CC2)c(C2CC2)cc1Nc1ncc(Br)c(Nc2ccc3nccnc3c2P(C)C)n1. The molecular formula is C34H43BrN9OP. The van der Waals surface area contributed by atoms with Crippen molar-refractivity contribution in [1.82, 2.24) is 29.7 Å². The predicted octanol–water partition coefficient (Wildman–Crippen LogP) is 6.14. The summed E-state index contributed by atoms with van der Waals surface area (Å²) in [5.41, 5.74) is 6.41. The van der Waals surface area contributed by atoms with Crippen molar-refractivity contribution in [2.24, 2.45) is 0 Å². The number of piperazine rings is 1. The highest BCUT2D eigenvalue weighted by Gasteiger charge is 2.32. The smallest absolute Gasteiger partial charge is 0.229 e. The number of halogens is 1. The molecule has 0 unspecified atom stereocenters. The standard InChI is InChI=1S/C34H43BrN9OP/c1-42-15-17-43(18-16-42)23-9-13-44(14-10-23)29-20-30(45-2)28(19-24(29)22-5-6-22)40-34-38-21-25(35)33(41-34)39-27-8-7-26-31(32(27)46(3)4)37-12-11-36-26/h7-8,11-12,19-23H,5-6,9-10,13-18H2,1-4H3,(H2,38,39,40,41). The van der Waals surface area contributed by atoms with E-state index in [0.29, 0.717) is 23.7 Å². The Kier molecular flexibility index (Phi) is 9.28. The van der Waals surface area contributed by atoms with E-state index < -0.39 is 7.92 Å². The summed E-state index contributed by atoms with van der Waals surface area (Å²) in [4.78, 5) is 26.4. The zero-order valence-corrected chi connectivity index (χ0v) is 29.6. The highest BCUT2D eigenvalue weighted by atomic mass is 79.9. The number of nitrogens with zero attached hydrogens (tertiary/aromatic N) is 7. The van der Waals surface area contributed by atoms with Crippen molar-refractivity contribution in [3.8, 4) is 5.75 Å². The first kappa shape index (κ1) is 31.5. The topological polar surface area (TPSA) is 94.6 Å². The Morgan fingerprint density at radius 2 is 1.65 bits per heavy atom. The normalized spacial score (nSPS) is 18.3. The summed E-state index contributed by atoms with van der Waals surface area (Å²) in [6, 6.07) is 9.26. The van der Waals surface area contributed by atoms with Crippen molar-refractivity contribution in [3.63, 3.8) is 0 Å². The van der Waals surface area contributed by atoms with E-state index >= 15 is 0 Å². The molecule has 2 saturated heterocycles. The van der Waals surface area contributed by atoms with Crippen LogP contribution < -0.4 is 25.6 Å². The van der Waals surface area contributed by atoms with Gasteiger partial charge in [-0.25, -0.2) is 4.98 Å². The maximum absolute atomic E-state index is 5.97. The molecule has 12 heteroatoms. The lowest BCUT2D eigenvalue weighted by Crippen LogP contribution is -2.52. The highest BCUT2D eigenvalue weighted by molar-refractivity contribution is 9.10. The van der Waals surface area contributed by atoms with Gasteiger partial charge in [0.25, 0.3) is 0 Å². The molecule has 0 spiro atoms. The molecule has 3 aliphatic rings. The van der Waals surface area contributed by atoms with Crippen molar-refractivity contribution < 1.29 is 4.74 Å². The Bertz CT molecular complexity index is 1700. The summed E-state index contributed by atoms with van der Waals surface area (Å²) in [5.74, 6) is 2.58. The Morgan fingerprint density at radius 1 is 0.891 bits per heavy atom. The molecule has 0 atom stereocenters. The molecule has 46 heavy (non-hydrogen) atoms. The number of aromatic nitrogens is 4. The van der Waals surface area contributed by atoms with Gasteiger partial charge in [0, 0.05) is 86.6 Å². The molecule has 10 nitrogen and oxygen atoms in total. The van der Waals surface area contributed by atoms with E-state index in [1.807, 2.05) is 6.07 Å². The fourth-order valence-electron chi connectivity index (χ4n) is 6.85. The fourth-order valence-corrected chi connectivity index (χ4v) is 8.34. The molecule has 1 aliphatic carbocycles. The predicted molar refractivity (Wildman–Crippen MR) is 194 cm³/mol. The van der Waals surface area contributed by atoms with Gasteiger partial charge in [-0.2, -0.15) is 4.98 Å². The lowest BCUT2D eigenvalue weighted by molar-refractivity contribution is 0.0982. The van der Waals surface area contributed by atoms with Gasteiger partial charge < -0.3 is 25.2 Å². The molecule has 4 heterocycles.